The Balaban J connectivity index is 1.68. The predicted molar refractivity (Wildman–Crippen MR) is 85.9 cm³/mol. The van der Waals surface area contributed by atoms with E-state index in [0.29, 0.717) is 19.5 Å². The molecule has 1 heterocycles. The fraction of sp³-hybridized carbons (Fsp3) is 0.353. The topological polar surface area (TPSA) is 63.5 Å². The van der Waals surface area contributed by atoms with Gasteiger partial charge in [0.2, 0.25) is 5.91 Å². The molecule has 1 amide bonds. The van der Waals surface area contributed by atoms with Gasteiger partial charge in [0.05, 0.1) is 18.9 Å². The maximum atomic E-state index is 11.8. The zero-order valence-electron chi connectivity index (χ0n) is 13.0. The molecule has 0 unspecified atom stereocenters. The van der Waals surface area contributed by atoms with Crippen LogP contribution in [0.5, 0.6) is 5.75 Å². The van der Waals surface area contributed by atoms with E-state index in [1.54, 1.807) is 6.26 Å². The van der Waals surface area contributed by atoms with Crippen LogP contribution in [0.4, 0.5) is 5.69 Å². The Labute approximate surface area is 130 Å². The molecule has 5 heteroatoms. The van der Waals surface area contributed by atoms with Crippen molar-refractivity contribution in [2.24, 2.45) is 0 Å². The van der Waals surface area contributed by atoms with Gasteiger partial charge in [-0.05, 0) is 50.2 Å². The number of carbonyl (C=O) groups excluding carboxylic acids is 1. The van der Waals surface area contributed by atoms with Crippen LogP contribution in [-0.4, -0.2) is 18.6 Å². The first-order valence-corrected chi connectivity index (χ1v) is 7.43. The Hall–Kier alpha value is -2.27. The maximum Gasteiger partial charge on any atom is 0.225 e. The van der Waals surface area contributed by atoms with Crippen molar-refractivity contribution in [2.75, 3.05) is 11.9 Å². The van der Waals surface area contributed by atoms with Crippen molar-refractivity contribution in [1.82, 2.24) is 5.32 Å². The minimum Gasteiger partial charge on any atom is -0.491 e. The molecule has 0 aliphatic carbocycles. The summed E-state index contributed by atoms with van der Waals surface area (Å²) in [6.45, 7) is 5.18. The third-order valence-corrected chi connectivity index (χ3v) is 2.92. The highest BCUT2D eigenvalue weighted by atomic mass is 16.5. The molecule has 0 aliphatic heterocycles. The van der Waals surface area contributed by atoms with Gasteiger partial charge in [-0.3, -0.25) is 4.79 Å². The van der Waals surface area contributed by atoms with Gasteiger partial charge in [0.15, 0.2) is 0 Å². The summed E-state index contributed by atoms with van der Waals surface area (Å²) in [5.74, 6) is 1.64. The molecule has 1 aromatic carbocycles. The Morgan fingerprint density at radius 1 is 1.23 bits per heavy atom. The molecule has 22 heavy (non-hydrogen) atoms. The molecular weight excluding hydrogens is 280 g/mol. The van der Waals surface area contributed by atoms with E-state index in [4.69, 9.17) is 9.15 Å². The number of nitrogens with one attached hydrogen (secondary N) is 2. The van der Waals surface area contributed by atoms with Gasteiger partial charge in [0, 0.05) is 18.7 Å². The van der Waals surface area contributed by atoms with Crippen LogP contribution in [0, 0.1) is 0 Å². The second-order valence-corrected chi connectivity index (χ2v) is 5.25. The van der Waals surface area contributed by atoms with E-state index >= 15 is 0 Å². The van der Waals surface area contributed by atoms with Crippen LogP contribution in [-0.2, 0) is 11.3 Å². The quantitative estimate of drug-likeness (QED) is 0.735. The summed E-state index contributed by atoms with van der Waals surface area (Å²) in [6, 6.07) is 11.1. The molecule has 0 aliphatic rings. The van der Waals surface area contributed by atoms with Gasteiger partial charge >= 0.3 is 0 Å². The fourth-order valence-electron chi connectivity index (χ4n) is 1.94. The smallest absolute Gasteiger partial charge is 0.225 e. The summed E-state index contributed by atoms with van der Waals surface area (Å²) in [5.41, 5.74) is 0.771. The number of hydrogen-bond acceptors (Lipinski definition) is 4. The summed E-state index contributed by atoms with van der Waals surface area (Å²) in [4.78, 5) is 11.8. The molecule has 0 fully saturated rings. The Kier molecular flexibility index (Phi) is 6.03. The Bertz CT molecular complexity index is 562. The summed E-state index contributed by atoms with van der Waals surface area (Å²) in [5, 5.41) is 6.02. The zero-order valence-corrected chi connectivity index (χ0v) is 13.0. The third-order valence-electron chi connectivity index (χ3n) is 2.92. The van der Waals surface area contributed by atoms with Crippen molar-refractivity contribution >= 4 is 11.6 Å². The van der Waals surface area contributed by atoms with Crippen molar-refractivity contribution < 1.29 is 13.9 Å². The first-order chi connectivity index (χ1) is 10.6. The normalized spacial score (nSPS) is 10.7. The second kappa shape index (κ2) is 8.24. The van der Waals surface area contributed by atoms with E-state index in [9.17, 15) is 4.79 Å². The summed E-state index contributed by atoms with van der Waals surface area (Å²) >= 11 is 0. The van der Waals surface area contributed by atoms with Crippen LogP contribution < -0.4 is 15.4 Å². The van der Waals surface area contributed by atoms with Crippen LogP contribution in [0.1, 0.15) is 26.0 Å². The molecule has 0 saturated heterocycles. The first-order valence-electron chi connectivity index (χ1n) is 7.43. The Morgan fingerprint density at radius 3 is 2.64 bits per heavy atom. The molecule has 1 aromatic heterocycles. The molecule has 5 nitrogen and oxygen atoms in total. The van der Waals surface area contributed by atoms with Gasteiger partial charge < -0.3 is 19.8 Å². The average molecular weight is 302 g/mol. The number of carbonyl (C=O) groups is 1. The van der Waals surface area contributed by atoms with Crippen molar-refractivity contribution in [1.29, 1.82) is 0 Å². The molecule has 0 saturated carbocycles. The van der Waals surface area contributed by atoms with Gasteiger partial charge in [0.1, 0.15) is 11.5 Å². The van der Waals surface area contributed by atoms with Gasteiger partial charge in [-0.2, -0.15) is 0 Å². The molecule has 0 bridgehead atoms. The molecule has 2 rings (SSSR count). The number of benzene rings is 1. The van der Waals surface area contributed by atoms with Gasteiger partial charge in [0.25, 0.3) is 0 Å². The lowest BCUT2D eigenvalue weighted by Gasteiger charge is -2.10. The monoisotopic (exact) mass is 302 g/mol. The van der Waals surface area contributed by atoms with E-state index < -0.39 is 0 Å². The van der Waals surface area contributed by atoms with Crippen LogP contribution in [0.3, 0.4) is 0 Å². The van der Waals surface area contributed by atoms with Crippen LogP contribution in [0.25, 0.3) is 0 Å². The van der Waals surface area contributed by atoms with E-state index in [2.05, 4.69) is 10.6 Å². The lowest BCUT2D eigenvalue weighted by atomic mass is 10.3. The summed E-state index contributed by atoms with van der Waals surface area (Å²) < 4.78 is 10.8. The molecular formula is C17H22N2O3. The van der Waals surface area contributed by atoms with E-state index in [1.165, 1.54) is 0 Å². The van der Waals surface area contributed by atoms with E-state index in [-0.39, 0.29) is 12.0 Å². The molecule has 0 spiro atoms. The van der Waals surface area contributed by atoms with Gasteiger partial charge in [-0.1, -0.05) is 0 Å². The van der Waals surface area contributed by atoms with Crippen LogP contribution in [0.15, 0.2) is 47.1 Å². The largest absolute Gasteiger partial charge is 0.491 e. The molecule has 2 N–H and O–H groups in total. The number of amides is 1. The Morgan fingerprint density at radius 2 is 2.00 bits per heavy atom. The van der Waals surface area contributed by atoms with Crippen LogP contribution in [0.2, 0.25) is 0 Å². The number of ether oxygens (including phenoxy) is 1. The maximum absolute atomic E-state index is 11.8. The van der Waals surface area contributed by atoms with Crippen LogP contribution >= 0.6 is 0 Å². The summed E-state index contributed by atoms with van der Waals surface area (Å²) in [6.07, 6.45) is 2.18. The molecule has 0 radical (unpaired) electrons. The van der Waals surface area contributed by atoms with Crippen molar-refractivity contribution in [3.8, 4) is 5.75 Å². The third kappa shape index (κ3) is 5.61. The average Bonchev–Trinajstić information content (AvgIpc) is 2.98. The van der Waals surface area contributed by atoms with E-state index in [1.807, 2.05) is 50.2 Å². The van der Waals surface area contributed by atoms with Crippen molar-refractivity contribution in [3.63, 3.8) is 0 Å². The van der Waals surface area contributed by atoms with Gasteiger partial charge in [-0.15, -0.1) is 0 Å². The minimum absolute atomic E-state index is 0.0236. The predicted octanol–water partition coefficient (Wildman–Crippen LogP) is 3.19. The highest BCUT2D eigenvalue weighted by Gasteiger charge is 2.03. The van der Waals surface area contributed by atoms with Gasteiger partial charge in [-0.25, -0.2) is 0 Å². The second-order valence-electron chi connectivity index (χ2n) is 5.25. The lowest BCUT2D eigenvalue weighted by molar-refractivity contribution is -0.116. The molecule has 0 atom stereocenters. The van der Waals surface area contributed by atoms with Crippen molar-refractivity contribution in [3.05, 3.63) is 48.4 Å². The number of rotatable bonds is 8. The highest BCUT2D eigenvalue weighted by Crippen LogP contribution is 2.16. The fourth-order valence-corrected chi connectivity index (χ4v) is 1.94. The first kappa shape index (κ1) is 16.1. The number of anilines is 1. The number of hydrogen-bond donors (Lipinski definition) is 2. The minimum atomic E-state index is -0.0236. The highest BCUT2D eigenvalue weighted by molar-refractivity contribution is 5.90. The molecule has 2 aromatic rings. The lowest BCUT2D eigenvalue weighted by Crippen LogP contribution is -2.21. The number of furan rings is 1. The zero-order chi connectivity index (χ0) is 15.8. The van der Waals surface area contributed by atoms with E-state index in [0.717, 1.165) is 17.2 Å². The van der Waals surface area contributed by atoms with Crippen molar-refractivity contribution in [2.45, 2.75) is 32.9 Å². The SMILES string of the molecule is CC(C)Oc1ccc(NC(=O)CCNCc2ccco2)cc1. The summed E-state index contributed by atoms with van der Waals surface area (Å²) in [7, 11) is 0. The standard InChI is InChI=1S/C17H22N2O3/c1-13(2)22-15-7-5-14(6-8-15)19-17(20)9-10-18-12-16-4-3-11-21-16/h3-8,11,13,18H,9-10,12H2,1-2H3,(H,19,20). The molecule has 118 valence electrons.